The van der Waals surface area contributed by atoms with Crippen LogP contribution in [0.2, 0.25) is 0 Å². The molecule has 122 valence electrons. The van der Waals surface area contributed by atoms with E-state index in [1.54, 1.807) is 0 Å². The number of hydrogen-bond acceptors (Lipinski definition) is 3. The van der Waals surface area contributed by atoms with Gasteiger partial charge in [-0.2, -0.15) is 0 Å². The van der Waals surface area contributed by atoms with Crippen LogP contribution in [0.3, 0.4) is 0 Å². The first kappa shape index (κ1) is 14.5. The van der Waals surface area contributed by atoms with Crippen LogP contribution in [0.25, 0.3) is 5.65 Å². The first-order valence-corrected chi connectivity index (χ1v) is 8.41. The summed E-state index contributed by atoms with van der Waals surface area (Å²) in [5.41, 5.74) is 3.44. The highest BCUT2D eigenvalue weighted by molar-refractivity contribution is 5.76. The van der Waals surface area contributed by atoms with Crippen LogP contribution in [0.4, 0.5) is 4.79 Å². The van der Waals surface area contributed by atoms with Crippen LogP contribution in [0.5, 0.6) is 0 Å². The normalized spacial score (nSPS) is 22.7. The van der Waals surface area contributed by atoms with Crippen molar-refractivity contribution in [2.45, 2.75) is 32.4 Å². The number of carbonyl (C=O) groups excluding carboxylic acids is 1. The van der Waals surface area contributed by atoms with Gasteiger partial charge in [-0.15, -0.1) is 0 Å². The second-order valence-electron chi connectivity index (χ2n) is 6.57. The predicted molar refractivity (Wildman–Crippen MR) is 88.3 cm³/mol. The fraction of sp³-hybridized carbons (Fsp3) is 0.529. The number of hydrogen-bond donors (Lipinski definition) is 1. The smallest absolute Gasteiger partial charge is 0.317 e. The van der Waals surface area contributed by atoms with Gasteiger partial charge in [0, 0.05) is 37.9 Å². The van der Waals surface area contributed by atoms with Crippen molar-refractivity contribution in [3.63, 3.8) is 0 Å². The molecule has 6 nitrogen and oxygen atoms in total. The number of piperidine rings is 1. The molecule has 0 radical (unpaired) electrons. The van der Waals surface area contributed by atoms with Gasteiger partial charge in [-0.3, -0.25) is 4.90 Å². The lowest BCUT2D eigenvalue weighted by atomic mass is 10.0. The molecule has 0 aliphatic carbocycles. The molecule has 2 aliphatic rings. The van der Waals surface area contributed by atoms with Crippen LogP contribution >= 0.6 is 0 Å². The van der Waals surface area contributed by atoms with E-state index in [0.717, 1.165) is 51.2 Å². The van der Waals surface area contributed by atoms with E-state index >= 15 is 0 Å². The largest absolute Gasteiger partial charge is 0.336 e. The number of aromatic nitrogens is 2. The van der Waals surface area contributed by atoms with Crippen molar-refractivity contribution in [3.05, 3.63) is 35.8 Å². The van der Waals surface area contributed by atoms with Crippen molar-refractivity contribution >= 4 is 11.7 Å². The lowest BCUT2D eigenvalue weighted by Crippen LogP contribution is -2.48. The standard InChI is InChI=1S/C17H23N5O/c1-13-4-2-6-16-19-10-15(22(13)16)12-20-8-3-5-14(11-20)21-9-7-18-17(21)23/h2,4,6,10,14H,3,5,7-9,11-12H2,1H3,(H,18,23). The molecule has 0 bridgehead atoms. The maximum absolute atomic E-state index is 11.9. The maximum Gasteiger partial charge on any atom is 0.317 e. The molecule has 2 saturated heterocycles. The molecule has 1 N–H and O–H groups in total. The Kier molecular flexibility index (Phi) is 3.69. The van der Waals surface area contributed by atoms with Gasteiger partial charge in [-0.05, 0) is 38.4 Å². The van der Waals surface area contributed by atoms with E-state index in [4.69, 9.17) is 0 Å². The van der Waals surface area contributed by atoms with Crippen LogP contribution in [0.1, 0.15) is 24.2 Å². The van der Waals surface area contributed by atoms with Crippen LogP contribution < -0.4 is 5.32 Å². The average Bonchev–Trinajstić information content (AvgIpc) is 3.15. The summed E-state index contributed by atoms with van der Waals surface area (Å²) in [4.78, 5) is 20.9. The van der Waals surface area contributed by atoms with E-state index in [2.05, 4.69) is 32.6 Å². The van der Waals surface area contributed by atoms with Crippen molar-refractivity contribution in [2.75, 3.05) is 26.2 Å². The number of likely N-dealkylation sites (tertiary alicyclic amines) is 1. The van der Waals surface area contributed by atoms with Gasteiger partial charge in [-0.25, -0.2) is 9.78 Å². The zero-order chi connectivity index (χ0) is 15.8. The number of amides is 2. The van der Waals surface area contributed by atoms with Crippen molar-refractivity contribution < 1.29 is 4.79 Å². The molecule has 2 aromatic heterocycles. The summed E-state index contributed by atoms with van der Waals surface area (Å²) < 4.78 is 2.23. The molecule has 4 rings (SSSR count). The van der Waals surface area contributed by atoms with Gasteiger partial charge < -0.3 is 14.6 Å². The Morgan fingerprint density at radius 1 is 1.35 bits per heavy atom. The molecule has 1 unspecified atom stereocenters. The Hall–Kier alpha value is -2.08. The van der Waals surface area contributed by atoms with Gasteiger partial charge in [0.05, 0.1) is 11.9 Å². The zero-order valence-corrected chi connectivity index (χ0v) is 13.5. The molecule has 6 heteroatoms. The van der Waals surface area contributed by atoms with E-state index in [1.807, 2.05) is 23.2 Å². The molecule has 2 aliphatic heterocycles. The Morgan fingerprint density at radius 2 is 2.26 bits per heavy atom. The Balaban J connectivity index is 1.50. The van der Waals surface area contributed by atoms with E-state index in [-0.39, 0.29) is 6.03 Å². The number of carbonyl (C=O) groups is 1. The van der Waals surface area contributed by atoms with Crippen molar-refractivity contribution in [1.29, 1.82) is 0 Å². The van der Waals surface area contributed by atoms with Crippen LogP contribution in [0, 0.1) is 6.92 Å². The summed E-state index contributed by atoms with van der Waals surface area (Å²) >= 11 is 0. The minimum absolute atomic E-state index is 0.0995. The second-order valence-corrected chi connectivity index (χ2v) is 6.57. The topological polar surface area (TPSA) is 52.9 Å². The fourth-order valence-corrected chi connectivity index (χ4v) is 3.88. The molecule has 0 saturated carbocycles. The van der Waals surface area contributed by atoms with Crippen LogP contribution in [-0.4, -0.2) is 57.4 Å². The summed E-state index contributed by atoms with van der Waals surface area (Å²) in [6, 6.07) is 6.65. The molecule has 23 heavy (non-hydrogen) atoms. The zero-order valence-electron chi connectivity index (χ0n) is 13.5. The minimum Gasteiger partial charge on any atom is -0.336 e. The van der Waals surface area contributed by atoms with E-state index < -0.39 is 0 Å². The number of aryl methyl sites for hydroxylation is 1. The Bertz CT molecular complexity index is 725. The van der Waals surface area contributed by atoms with Gasteiger partial charge in [0.25, 0.3) is 0 Å². The highest BCUT2D eigenvalue weighted by Gasteiger charge is 2.31. The van der Waals surface area contributed by atoms with Gasteiger partial charge in [0.15, 0.2) is 0 Å². The third-order valence-corrected chi connectivity index (χ3v) is 4.99. The lowest BCUT2D eigenvalue weighted by Gasteiger charge is -2.36. The molecular formula is C17H23N5O. The summed E-state index contributed by atoms with van der Waals surface area (Å²) in [7, 11) is 0. The van der Waals surface area contributed by atoms with Crippen LogP contribution in [-0.2, 0) is 6.54 Å². The highest BCUT2D eigenvalue weighted by atomic mass is 16.2. The quantitative estimate of drug-likeness (QED) is 0.937. The highest BCUT2D eigenvalue weighted by Crippen LogP contribution is 2.20. The molecule has 0 spiro atoms. The number of nitrogens with one attached hydrogen (secondary N) is 1. The van der Waals surface area contributed by atoms with Gasteiger partial charge in [0.2, 0.25) is 0 Å². The van der Waals surface area contributed by atoms with Crippen LogP contribution in [0.15, 0.2) is 24.4 Å². The third kappa shape index (κ3) is 2.67. The SMILES string of the molecule is Cc1cccc2ncc(CN3CCCC(N4CCNC4=O)C3)n12. The fourth-order valence-electron chi connectivity index (χ4n) is 3.88. The number of rotatable bonds is 3. The molecule has 1 atom stereocenters. The number of fused-ring (bicyclic) bond motifs is 1. The van der Waals surface area contributed by atoms with Gasteiger partial charge in [-0.1, -0.05) is 6.07 Å². The number of urea groups is 1. The van der Waals surface area contributed by atoms with Gasteiger partial charge in [0.1, 0.15) is 5.65 Å². The minimum atomic E-state index is 0.0995. The Morgan fingerprint density at radius 3 is 3.09 bits per heavy atom. The molecular weight excluding hydrogens is 290 g/mol. The maximum atomic E-state index is 11.9. The number of pyridine rings is 1. The average molecular weight is 313 g/mol. The van der Waals surface area contributed by atoms with Crippen molar-refractivity contribution in [2.24, 2.45) is 0 Å². The second kappa shape index (κ2) is 5.85. The summed E-state index contributed by atoms with van der Waals surface area (Å²) in [5, 5.41) is 2.91. The molecule has 4 heterocycles. The number of imidazole rings is 1. The molecule has 2 fully saturated rings. The first-order chi connectivity index (χ1) is 11.2. The summed E-state index contributed by atoms with van der Waals surface area (Å²) in [5.74, 6) is 0. The lowest BCUT2D eigenvalue weighted by molar-refractivity contribution is 0.121. The monoisotopic (exact) mass is 313 g/mol. The van der Waals surface area contributed by atoms with E-state index in [0.29, 0.717) is 6.04 Å². The molecule has 2 aromatic rings. The van der Waals surface area contributed by atoms with Crippen molar-refractivity contribution in [3.8, 4) is 0 Å². The van der Waals surface area contributed by atoms with E-state index in [1.165, 1.54) is 11.4 Å². The number of nitrogens with zero attached hydrogens (tertiary/aromatic N) is 4. The Labute approximate surface area is 136 Å². The molecule has 0 aromatic carbocycles. The summed E-state index contributed by atoms with van der Waals surface area (Å²) in [6.07, 6.45) is 4.23. The molecule has 2 amide bonds. The van der Waals surface area contributed by atoms with E-state index in [9.17, 15) is 4.79 Å². The summed E-state index contributed by atoms with van der Waals surface area (Å²) in [6.45, 7) is 6.66. The third-order valence-electron chi connectivity index (χ3n) is 4.99. The predicted octanol–water partition coefficient (Wildman–Crippen LogP) is 1.63. The van der Waals surface area contributed by atoms with Crippen molar-refractivity contribution in [1.82, 2.24) is 24.5 Å². The first-order valence-electron chi connectivity index (χ1n) is 8.41. The van der Waals surface area contributed by atoms with Gasteiger partial charge >= 0.3 is 6.03 Å².